The Labute approximate surface area is 178 Å². The molecule has 166 valence electrons. The van der Waals surface area contributed by atoms with E-state index in [2.05, 4.69) is 10.2 Å². The first-order valence-corrected chi connectivity index (χ1v) is 10.7. The van der Waals surface area contributed by atoms with Crippen LogP contribution in [-0.4, -0.2) is 54.6 Å². The number of nitrogens with one attached hydrogen (secondary N) is 1. The molecule has 2 heterocycles. The van der Waals surface area contributed by atoms with E-state index in [0.717, 1.165) is 38.0 Å². The van der Waals surface area contributed by atoms with Gasteiger partial charge < -0.3 is 30.4 Å². The Morgan fingerprint density at radius 2 is 2.13 bits per heavy atom. The number of hydrogen-bond donors (Lipinski definition) is 3. The number of aromatic carboxylic acids is 1. The van der Waals surface area contributed by atoms with E-state index < -0.39 is 29.2 Å². The number of alkyl halides is 1. The van der Waals surface area contributed by atoms with Crippen LogP contribution >= 0.6 is 0 Å². The molecule has 4 N–H and O–H groups in total. The van der Waals surface area contributed by atoms with Crippen molar-refractivity contribution in [2.75, 3.05) is 37.9 Å². The van der Waals surface area contributed by atoms with Crippen LogP contribution in [0.4, 0.5) is 15.8 Å². The second-order valence-electron chi connectivity index (χ2n) is 8.98. The zero-order valence-electron chi connectivity index (χ0n) is 17.7. The molecule has 3 unspecified atom stereocenters. The predicted molar refractivity (Wildman–Crippen MR) is 116 cm³/mol. The van der Waals surface area contributed by atoms with Crippen LogP contribution in [0.2, 0.25) is 0 Å². The number of carbonyl (C=O) groups is 1. The maximum absolute atomic E-state index is 14.1. The first-order valence-electron chi connectivity index (χ1n) is 10.7. The lowest BCUT2D eigenvalue weighted by Crippen LogP contribution is -2.37. The number of anilines is 2. The third-order valence-corrected chi connectivity index (χ3v) is 7.33. The van der Waals surface area contributed by atoms with Crippen molar-refractivity contribution in [2.24, 2.45) is 5.92 Å². The molecule has 9 heteroatoms. The van der Waals surface area contributed by atoms with Gasteiger partial charge in [0.05, 0.1) is 29.7 Å². The van der Waals surface area contributed by atoms with Gasteiger partial charge in [-0.05, 0) is 38.3 Å². The number of nitrogens with zero attached hydrogens (tertiary/aromatic N) is 2. The highest BCUT2D eigenvalue weighted by Crippen LogP contribution is 2.49. The number of halogens is 1. The lowest BCUT2D eigenvalue weighted by molar-refractivity contribution is 0.0694. The van der Waals surface area contributed by atoms with Gasteiger partial charge in [0.15, 0.2) is 5.75 Å². The average Bonchev–Trinajstić information content (AvgIpc) is 3.64. The number of rotatable bonds is 6. The minimum Gasteiger partial charge on any atom is -0.492 e. The highest BCUT2D eigenvalue weighted by atomic mass is 19.1. The topological polar surface area (TPSA) is 110 Å². The smallest absolute Gasteiger partial charge is 0.341 e. The van der Waals surface area contributed by atoms with E-state index in [1.807, 2.05) is 7.05 Å². The first kappa shape index (κ1) is 20.1. The van der Waals surface area contributed by atoms with Gasteiger partial charge in [-0.15, -0.1) is 0 Å². The maximum atomic E-state index is 14.1. The monoisotopic (exact) mass is 430 g/mol. The lowest BCUT2D eigenvalue weighted by atomic mass is 9.96. The van der Waals surface area contributed by atoms with Crippen LogP contribution < -0.4 is 26.1 Å². The standard InChI is InChI=1S/C22H27FN4O4/c1-25-22(4-5-22)11-3-6-26(9-11)16-8-14(24)17-18(20(16)31-2)27(15-7-13(15)23)10-12(19(17)28)21(29)30/h8,10-11,13,15,25H,3-7,9,24H2,1-2H3,(H,29,30). The molecule has 1 aliphatic heterocycles. The molecular formula is C22H27FN4O4. The van der Waals surface area contributed by atoms with Crippen molar-refractivity contribution in [3.8, 4) is 5.75 Å². The number of hydrogen-bond acceptors (Lipinski definition) is 6. The normalized spacial score (nSPS) is 26.3. The fraction of sp³-hybridized carbons (Fsp3) is 0.545. The molecule has 0 spiro atoms. The summed E-state index contributed by atoms with van der Waals surface area (Å²) in [6.07, 6.45) is 3.76. The third kappa shape index (κ3) is 2.97. The van der Waals surface area contributed by atoms with Crippen molar-refractivity contribution < 1.29 is 19.0 Å². The Morgan fingerprint density at radius 1 is 1.42 bits per heavy atom. The summed E-state index contributed by atoms with van der Waals surface area (Å²) in [5, 5.41) is 13.0. The molecule has 2 aromatic rings. The van der Waals surface area contributed by atoms with Crippen LogP contribution in [0.15, 0.2) is 17.1 Å². The summed E-state index contributed by atoms with van der Waals surface area (Å²) in [5.41, 5.74) is 6.72. The minimum absolute atomic E-state index is 0.0734. The molecule has 1 aromatic heterocycles. The van der Waals surface area contributed by atoms with E-state index in [9.17, 15) is 19.1 Å². The van der Waals surface area contributed by atoms with E-state index in [-0.39, 0.29) is 23.0 Å². The zero-order chi connectivity index (χ0) is 22.1. The molecule has 8 nitrogen and oxygen atoms in total. The van der Waals surface area contributed by atoms with Gasteiger partial charge in [-0.3, -0.25) is 4.79 Å². The number of fused-ring (bicyclic) bond motifs is 1. The summed E-state index contributed by atoms with van der Waals surface area (Å²) in [4.78, 5) is 26.8. The summed E-state index contributed by atoms with van der Waals surface area (Å²) < 4.78 is 21.3. The summed E-state index contributed by atoms with van der Waals surface area (Å²) in [6.45, 7) is 1.65. The highest BCUT2D eigenvalue weighted by molar-refractivity contribution is 6.03. The van der Waals surface area contributed by atoms with Crippen LogP contribution in [0.1, 0.15) is 42.1 Å². The molecule has 3 atom stereocenters. The van der Waals surface area contributed by atoms with Crippen LogP contribution in [0, 0.1) is 5.92 Å². The molecule has 2 aliphatic carbocycles. The van der Waals surface area contributed by atoms with E-state index in [1.165, 1.54) is 17.9 Å². The van der Waals surface area contributed by atoms with E-state index in [1.54, 1.807) is 6.07 Å². The Morgan fingerprint density at radius 3 is 2.68 bits per heavy atom. The molecule has 3 fully saturated rings. The molecule has 3 aliphatic rings. The number of pyridine rings is 1. The SMILES string of the molecule is CNC1(C2CCN(c3cc(N)c4c(=O)c(C(=O)O)cn(C5CC5F)c4c3OC)C2)CC1. The number of carboxylic acid groups (broad SMARTS) is 1. The summed E-state index contributed by atoms with van der Waals surface area (Å²) in [6, 6.07) is 1.16. The molecule has 0 amide bonds. The number of benzene rings is 1. The Balaban J connectivity index is 1.69. The van der Waals surface area contributed by atoms with E-state index in [4.69, 9.17) is 10.5 Å². The first-order chi connectivity index (χ1) is 14.8. The van der Waals surface area contributed by atoms with Crippen molar-refractivity contribution in [3.05, 3.63) is 28.0 Å². The number of methoxy groups -OCH3 is 1. The van der Waals surface area contributed by atoms with Crippen LogP contribution in [0.25, 0.3) is 10.9 Å². The van der Waals surface area contributed by atoms with Gasteiger partial charge in [-0.2, -0.15) is 0 Å². The highest BCUT2D eigenvalue weighted by Gasteiger charge is 2.50. The van der Waals surface area contributed by atoms with Gasteiger partial charge in [-0.25, -0.2) is 9.18 Å². The summed E-state index contributed by atoms with van der Waals surface area (Å²) in [7, 11) is 3.52. The van der Waals surface area contributed by atoms with Gasteiger partial charge in [0.1, 0.15) is 11.7 Å². The fourth-order valence-electron chi connectivity index (χ4n) is 5.26. The van der Waals surface area contributed by atoms with Gasteiger partial charge in [-0.1, -0.05) is 0 Å². The number of ether oxygens (including phenoxy) is 1. The fourth-order valence-corrected chi connectivity index (χ4v) is 5.26. The maximum Gasteiger partial charge on any atom is 0.341 e. The van der Waals surface area contributed by atoms with Crippen molar-refractivity contribution in [2.45, 2.75) is 43.4 Å². The van der Waals surface area contributed by atoms with E-state index in [0.29, 0.717) is 17.2 Å². The number of nitrogens with two attached hydrogens (primary N) is 1. The molecule has 0 bridgehead atoms. The van der Waals surface area contributed by atoms with Gasteiger partial charge in [0.2, 0.25) is 5.43 Å². The van der Waals surface area contributed by atoms with Gasteiger partial charge >= 0.3 is 5.97 Å². The predicted octanol–water partition coefficient (Wildman–Crippen LogP) is 2.15. The zero-order valence-corrected chi connectivity index (χ0v) is 17.7. The summed E-state index contributed by atoms with van der Waals surface area (Å²) in [5.74, 6) is -0.426. The van der Waals surface area contributed by atoms with Crippen molar-refractivity contribution in [1.29, 1.82) is 0 Å². The van der Waals surface area contributed by atoms with Gasteiger partial charge in [0.25, 0.3) is 0 Å². The minimum atomic E-state index is -1.36. The van der Waals surface area contributed by atoms with Gasteiger partial charge in [0, 0.05) is 36.9 Å². The third-order valence-electron chi connectivity index (χ3n) is 7.33. The second-order valence-corrected chi connectivity index (χ2v) is 8.98. The largest absolute Gasteiger partial charge is 0.492 e. The van der Waals surface area contributed by atoms with Crippen LogP contribution in [0.5, 0.6) is 5.75 Å². The molecule has 31 heavy (non-hydrogen) atoms. The van der Waals surface area contributed by atoms with Crippen molar-refractivity contribution >= 4 is 28.2 Å². The average molecular weight is 430 g/mol. The number of aromatic nitrogens is 1. The van der Waals surface area contributed by atoms with E-state index >= 15 is 0 Å². The second kappa shape index (κ2) is 6.85. The molecular weight excluding hydrogens is 403 g/mol. The summed E-state index contributed by atoms with van der Waals surface area (Å²) >= 11 is 0. The number of nitrogen functional groups attached to an aromatic ring is 1. The molecule has 5 rings (SSSR count). The molecule has 0 radical (unpaired) electrons. The Kier molecular flexibility index (Phi) is 4.44. The quantitative estimate of drug-likeness (QED) is 0.603. The number of carboxylic acids is 1. The molecule has 2 saturated carbocycles. The Hall–Kier alpha value is -2.81. The lowest BCUT2D eigenvalue weighted by Gasteiger charge is -2.27. The van der Waals surface area contributed by atoms with Crippen LogP contribution in [0.3, 0.4) is 0 Å². The molecule has 1 aromatic carbocycles. The Bertz CT molecular complexity index is 1140. The van der Waals surface area contributed by atoms with Crippen molar-refractivity contribution in [3.63, 3.8) is 0 Å². The van der Waals surface area contributed by atoms with Crippen molar-refractivity contribution in [1.82, 2.24) is 9.88 Å². The van der Waals surface area contributed by atoms with Crippen LogP contribution in [-0.2, 0) is 0 Å². The molecule has 1 saturated heterocycles.